The van der Waals surface area contributed by atoms with Crippen molar-refractivity contribution < 1.29 is 23.7 Å². The molecule has 0 saturated carbocycles. The fraction of sp³-hybridized carbons (Fsp3) is 0.923. The molecule has 0 aliphatic carbocycles. The molecule has 0 amide bonds. The standard InChI is InChI=1S/C13H20O5/c1-12(2,3)16-6-8-4-9-5-13(10(8)17-9)7-15-11(14)18-13/h8-10H,4-7H2,1-3H3. The van der Waals surface area contributed by atoms with Gasteiger partial charge < -0.3 is 18.9 Å². The third-order valence-electron chi connectivity index (χ3n) is 3.88. The highest BCUT2D eigenvalue weighted by Crippen LogP contribution is 2.49. The molecule has 0 radical (unpaired) electrons. The maximum Gasteiger partial charge on any atom is 0.509 e. The van der Waals surface area contributed by atoms with E-state index in [1.54, 1.807) is 0 Å². The summed E-state index contributed by atoms with van der Waals surface area (Å²) >= 11 is 0. The van der Waals surface area contributed by atoms with Crippen molar-refractivity contribution >= 4 is 6.16 Å². The first-order chi connectivity index (χ1) is 8.38. The fourth-order valence-electron chi connectivity index (χ4n) is 3.18. The molecule has 5 nitrogen and oxygen atoms in total. The monoisotopic (exact) mass is 256 g/mol. The molecule has 18 heavy (non-hydrogen) atoms. The maximum absolute atomic E-state index is 11.2. The summed E-state index contributed by atoms with van der Waals surface area (Å²) in [7, 11) is 0. The van der Waals surface area contributed by atoms with Gasteiger partial charge in [0.15, 0.2) is 5.60 Å². The molecule has 102 valence electrons. The summed E-state index contributed by atoms with van der Waals surface area (Å²) in [6.07, 6.45) is 1.28. The van der Waals surface area contributed by atoms with Crippen LogP contribution in [0, 0.1) is 5.92 Å². The van der Waals surface area contributed by atoms with Crippen LogP contribution in [0.15, 0.2) is 0 Å². The summed E-state index contributed by atoms with van der Waals surface area (Å²) in [5.74, 6) is 0.289. The number of hydrogen-bond acceptors (Lipinski definition) is 5. The lowest BCUT2D eigenvalue weighted by atomic mass is 9.78. The Morgan fingerprint density at radius 2 is 2.22 bits per heavy atom. The number of ether oxygens (including phenoxy) is 4. The minimum atomic E-state index is -0.568. The van der Waals surface area contributed by atoms with Gasteiger partial charge in [-0.3, -0.25) is 0 Å². The highest BCUT2D eigenvalue weighted by atomic mass is 16.8. The smallest absolute Gasteiger partial charge is 0.430 e. The van der Waals surface area contributed by atoms with E-state index in [-0.39, 0.29) is 23.7 Å². The Hall–Kier alpha value is -0.810. The molecular weight excluding hydrogens is 236 g/mol. The van der Waals surface area contributed by atoms with Gasteiger partial charge in [-0.2, -0.15) is 0 Å². The van der Waals surface area contributed by atoms with Crippen LogP contribution in [-0.4, -0.2) is 42.8 Å². The molecule has 3 aliphatic rings. The van der Waals surface area contributed by atoms with Crippen molar-refractivity contribution in [1.29, 1.82) is 0 Å². The largest absolute Gasteiger partial charge is 0.509 e. The van der Waals surface area contributed by atoms with Crippen molar-refractivity contribution in [3.05, 3.63) is 0 Å². The number of carbonyl (C=O) groups is 1. The van der Waals surface area contributed by atoms with Gasteiger partial charge >= 0.3 is 6.16 Å². The quantitative estimate of drug-likeness (QED) is 0.706. The second-order valence-electron chi connectivity index (χ2n) is 6.51. The zero-order valence-electron chi connectivity index (χ0n) is 11.1. The van der Waals surface area contributed by atoms with E-state index in [0.29, 0.717) is 13.2 Å². The Morgan fingerprint density at radius 1 is 1.44 bits per heavy atom. The summed E-state index contributed by atoms with van der Waals surface area (Å²) < 4.78 is 22.1. The Balaban J connectivity index is 1.67. The van der Waals surface area contributed by atoms with Crippen LogP contribution in [0.4, 0.5) is 4.79 Å². The Labute approximate surface area is 107 Å². The maximum atomic E-state index is 11.2. The van der Waals surface area contributed by atoms with E-state index in [1.165, 1.54) is 0 Å². The summed E-state index contributed by atoms with van der Waals surface area (Å²) in [5, 5.41) is 0. The first kappa shape index (κ1) is 12.2. The molecule has 0 aromatic rings. The average Bonchev–Trinajstić information content (AvgIpc) is 2.89. The van der Waals surface area contributed by atoms with Crippen LogP contribution in [0.2, 0.25) is 0 Å². The molecule has 5 heteroatoms. The van der Waals surface area contributed by atoms with Gasteiger partial charge in [-0.15, -0.1) is 0 Å². The summed E-state index contributed by atoms with van der Waals surface area (Å²) in [6, 6.07) is 0. The van der Waals surface area contributed by atoms with Crippen molar-refractivity contribution in [3.63, 3.8) is 0 Å². The Bertz CT molecular complexity index is 361. The van der Waals surface area contributed by atoms with Crippen molar-refractivity contribution in [2.24, 2.45) is 5.92 Å². The zero-order valence-corrected chi connectivity index (χ0v) is 11.1. The first-order valence-electron chi connectivity index (χ1n) is 6.53. The number of hydrogen-bond donors (Lipinski definition) is 0. The predicted molar refractivity (Wildman–Crippen MR) is 62.3 cm³/mol. The van der Waals surface area contributed by atoms with Gasteiger partial charge in [0, 0.05) is 12.3 Å². The lowest BCUT2D eigenvalue weighted by Gasteiger charge is -2.33. The highest BCUT2D eigenvalue weighted by Gasteiger charge is 2.63. The van der Waals surface area contributed by atoms with Crippen LogP contribution in [0.5, 0.6) is 0 Å². The van der Waals surface area contributed by atoms with Crippen molar-refractivity contribution in [3.8, 4) is 0 Å². The van der Waals surface area contributed by atoms with E-state index in [4.69, 9.17) is 18.9 Å². The molecular formula is C13H20O5. The van der Waals surface area contributed by atoms with Crippen LogP contribution in [0.1, 0.15) is 33.6 Å². The van der Waals surface area contributed by atoms with Crippen LogP contribution >= 0.6 is 0 Å². The van der Waals surface area contributed by atoms with E-state index in [2.05, 4.69) is 0 Å². The van der Waals surface area contributed by atoms with E-state index >= 15 is 0 Å². The Kier molecular flexibility index (Phi) is 2.61. The van der Waals surface area contributed by atoms with Gasteiger partial charge in [-0.1, -0.05) is 0 Å². The van der Waals surface area contributed by atoms with E-state index in [0.717, 1.165) is 12.8 Å². The molecule has 0 N–H and O–H groups in total. The topological polar surface area (TPSA) is 54.0 Å². The van der Waals surface area contributed by atoms with Crippen molar-refractivity contribution in [1.82, 2.24) is 0 Å². The number of fused-ring (bicyclic) bond motifs is 3. The summed E-state index contributed by atoms with van der Waals surface area (Å²) in [5.41, 5.74) is -0.705. The van der Waals surface area contributed by atoms with Crippen LogP contribution in [-0.2, 0) is 18.9 Å². The third-order valence-corrected chi connectivity index (χ3v) is 3.88. The van der Waals surface area contributed by atoms with Gasteiger partial charge in [0.2, 0.25) is 0 Å². The molecule has 0 aromatic heterocycles. The minimum Gasteiger partial charge on any atom is -0.430 e. The van der Waals surface area contributed by atoms with Gasteiger partial charge in [0.05, 0.1) is 18.3 Å². The van der Waals surface area contributed by atoms with Crippen LogP contribution < -0.4 is 0 Å². The third kappa shape index (κ3) is 1.99. The Morgan fingerprint density at radius 3 is 2.78 bits per heavy atom. The zero-order chi connectivity index (χ0) is 13.0. The second-order valence-corrected chi connectivity index (χ2v) is 6.51. The fourth-order valence-corrected chi connectivity index (χ4v) is 3.18. The number of rotatable bonds is 2. The molecule has 3 fully saturated rings. The second kappa shape index (κ2) is 3.84. The average molecular weight is 256 g/mol. The van der Waals surface area contributed by atoms with E-state index in [9.17, 15) is 4.79 Å². The molecule has 1 spiro atoms. The van der Waals surface area contributed by atoms with Gasteiger partial charge in [-0.05, 0) is 27.2 Å². The molecule has 3 aliphatic heterocycles. The molecule has 0 aromatic carbocycles. The molecule has 3 rings (SSSR count). The summed E-state index contributed by atoms with van der Waals surface area (Å²) in [4.78, 5) is 11.2. The first-order valence-corrected chi connectivity index (χ1v) is 6.53. The van der Waals surface area contributed by atoms with Gasteiger partial charge in [-0.25, -0.2) is 4.79 Å². The van der Waals surface area contributed by atoms with E-state index in [1.807, 2.05) is 20.8 Å². The molecule has 3 saturated heterocycles. The van der Waals surface area contributed by atoms with Gasteiger partial charge in [0.25, 0.3) is 0 Å². The normalized spacial score (nSPS) is 42.4. The van der Waals surface area contributed by atoms with Gasteiger partial charge in [0.1, 0.15) is 12.7 Å². The number of carbonyl (C=O) groups excluding carboxylic acids is 1. The lowest BCUT2D eigenvalue weighted by molar-refractivity contribution is -0.0742. The van der Waals surface area contributed by atoms with Crippen LogP contribution in [0.25, 0.3) is 0 Å². The lowest BCUT2D eigenvalue weighted by Crippen LogP contribution is -2.48. The summed E-state index contributed by atoms with van der Waals surface area (Å²) in [6.45, 7) is 7.07. The molecule has 4 unspecified atom stereocenters. The molecule has 4 atom stereocenters. The van der Waals surface area contributed by atoms with Crippen LogP contribution in [0.3, 0.4) is 0 Å². The molecule has 3 heterocycles. The highest BCUT2D eigenvalue weighted by molar-refractivity contribution is 5.63. The SMILES string of the molecule is CC(C)(C)OCC1CC2CC3(COC(=O)O3)C1O2. The van der Waals surface area contributed by atoms with Crippen molar-refractivity contribution in [2.75, 3.05) is 13.2 Å². The van der Waals surface area contributed by atoms with E-state index < -0.39 is 11.8 Å². The predicted octanol–water partition coefficient (Wildman–Crippen LogP) is 1.88. The minimum absolute atomic E-state index is 0.0729. The molecule has 2 bridgehead atoms. The van der Waals surface area contributed by atoms with Crippen molar-refractivity contribution in [2.45, 2.75) is 57.0 Å². The number of cyclic esters (lactones) is 1.